The van der Waals surface area contributed by atoms with Gasteiger partial charge in [0.2, 0.25) is 15.9 Å². The van der Waals surface area contributed by atoms with Crippen LogP contribution in [0.1, 0.15) is 52.0 Å². The summed E-state index contributed by atoms with van der Waals surface area (Å²) >= 11 is 0. The number of oxazole rings is 1. The first-order chi connectivity index (χ1) is 22.9. The summed E-state index contributed by atoms with van der Waals surface area (Å²) in [6.07, 6.45) is 1.52. The van der Waals surface area contributed by atoms with Crippen molar-refractivity contribution in [3.05, 3.63) is 52.5 Å². The van der Waals surface area contributed by atoms with Gasteiger partial charge in [0.25, 0.3) is 5.91 Å². The van der Waals surface area contributed by atoms with Crippen LogP contribution in [-0.2, 0) is 35.6 Å². The van der Waals surface area contributed by atoms with Crippen molar-refractivity contribution in [3.8, 4) is 11.5 Å². The number of aromatic amines is 1. The minimum absolute atomic E-state index is 0.0142. The number of ether oxygens (including phenoxy) is 3. The first-order valence-electron chi connectivity index (χ1n) is 16.0. The minimum Gasteiger partial charge on any atom is -0.493 e. The fourth-order valence-corrected chi connectivity index (χ4v) is 7.04. The van der Waals surface area contributed by atoms with Gasteiger partial charge in [-0.25, -0.2) is 13.2 Å². The summed E-state index contributed by atoms with van der Waals surface area (Å²) in [7, 11) is -2.67. The maximum Gasteiger partial charge on any atom is 0.417 e. The number of rotatable bonds is 8. The Balaban J connectivity index is 1.64. The predicted molar refractivity (Wildman–Crippen MR) is 176 cm³/mol. The Morgan fingerprint density at radius 3 is 2.58 bits per heavy atom. The second kappa shape index (κ2) is 16.2. The lowest BCUT2D eigenvalue weighted by atomic mass is 9.76. The van der Waals surface area contributed by atoms with Gasteiger partial charge in [-0.2, -0.15) is 4.31 Å². The molecule has 5 rings (SSSR count). The van der Waals surface area contributed by atoms with Gasteiger partial charge in [-0.05, 0) is 68.4 Å². The van der Waals surface area contributed by atoms with E-state index in [2.05, 4.69) is 29.5 Å². The zero-order valence-electron chi connectivity index (χ0n) is 27.8. The van der Waals surface area contributed by atoms with Crippen LogP contribution in [0.25, 0.3) is 11.1 Å². The van der Waals surface area contributed by atoms with E-state index in [1.54, 1.807) is 25.1 Å². The molecule has 0 saturated heterocycles. The lowest BCUT2D eigenvalue weighted by molar-refractivity contribution is -0.156. The Bertz CT molecular complexity index is 1770. The van der Waals surface area contributed by atoms with Crippen molar-refractivity contribution in [1.82, 2.24) is 19.9 Å². The molecule has 2 aliphatic heterocycles. The number of carbonyl (C=O) groups is 3. The number of hydrogen-bond donors (Lipinski definition) is 3. The van der Waals surface area contributed by atoms with Gasteiger partial charge in [-0.3, -0.25) is 19.4 Å². The lowest BCUT2D eigenvalue weighted by Crippen LogP contribution is -2.46. The van der Waals surface area contributed by atoms with Crippen LogP contribution in [0.4, 0.5) is 0 Å². The van der Waals surface area contributed by atoms with Crippen LogP contribution in [0.5, 0.6) is 11.5 Å². The Kier molecular flexibility index (Phi) is 12.3. The van der Waals surface area contributed by atoms with E-state index < -0.39 is 33.1 Å². The summed E-state index contributed by atoms with van der Waals surface area (Å²) in [5, 5.41) is 5.59. The van der Waals surface area contributed by atoms with E-state index in [-0.39, 0.29) is 81.0 Å². The Morgan fingerprint density at radius 1 is 1.06 bits per heavy atom. The molecule has 3 N–H and O–H groups in total. The summed E-state index contributed by atoms with van der Waals surface area (Å²) in [6, 6.07) is 9.21. The molecule has 1 unspecified atom stereocenters. The van der Waals surface area contributed by atoms with Crippen molar-refractivity contribution in [1.29, 1.82) is 0 Å². The molecule has 2 amide bonds. The van der Waals surface area contributed by atoms with Gasteiger partial charge in [-0.1, -0.05) is 19.9 Å². The van der Waals surface area contributed by atoms with E-state index in [0.29, 0.717) is 29.9 Å². The highest BCUT2D eigenvalue weighted by Gasteiger charge is 2.40. The summed E-state index contributed by atoms with van der Waals surface area (Å²) in [5.41, 5.74) is 0.0875. The molecular formula is C33H44N4O10S. The van der Waals surface area contributed by atoms with Gasteiger partial charge < -0.3 is 29.3 Å². The van der Waals surface area contributed by atoms with Crippen LogP contribution in [0.3, 0.4) is 0 Å². The fourth-order valence-electron chi connectivity index (χ4n) is 5.54. The van der Waals surface area contributed by atoms with E-state index in [1.165, 1.54) is 25.3 Å². The van der Waals surface area contributed by atoms with Crippen LogP contribution in [0.15, 0.2) is 50.5 Å². The van der Waals surface area contributed by atoms with Crippen molar-refractivity contribution in [2.45, 2.75) is 57.8 Å². The van der Waals surface area contributed by atoms with Crippen molar-refractivity contribution in [2.24, 2.45) is 11.3 Å². The topological polar surface area (TPSA) is 186 Å². The molecular weight excluding hydrogens is 644 g/mol. The Hall–Kier alpha value is -4.37. The molecule has 3 aromatic rings. The molecule has 2 aromatic carbocycles. The monoisotopic (exact) mass is 688 g/mol. The van der Waals surface area contributed by atoms with Crippen LogP contribution < -0.4 is 25.9 Å². The zero-order chi connectivity index (χ0) is 34.9. The van der Waals surface area contributed by atoms with E-state index >= 15 is 0 Å². The number of H-pyrrole nitrogens is 1. The van der Waals surface area contributed by atoms with Crippen LogP contribution in [0, 0.1) is 11.3 Å². The van der Waals surface area contributed by atoms with Gasteiger partial charge in [-0.15, -0.1) is 0 Å². The average molecular weight is 689 g/mol. The quantitative estimate of drug-likeness (QED) is 0.235. The number of nitrogens with one attached hydrogen (secondary N) is 3. The zero-order valence-corrected chi connectivity index (χ0v) is 28.6. The highest BCUT2D eigenvalue weighted by Crippen LogP contribution is 2.35. The smallest absolute Gasteiger partial charge is 0.417 e. The summed E-state index contributed by atoms with van der Waals surface area (Å²) in [5.74, 6) is -1.04. The molecule has 1 atom stereocenters. The molecule has 0 fully saturated rings. The second-order valence-corrected chi connectivity index (χ2v) is 14.1. The molecule has 14 nitrogen and oxygen atoms in total. The fraction of sp³-hybridized carbons (Fsp3) is 0.515. The average Bonchev–Trinajstić information content (AvgIpc) is 3.43. The van der Waals surface area contributed by atoms with Crippen LogP contribution in [0.2, 0.25) is 0 Å². The molecule has 262 valence electrons. The van der Waals surface area contributed by atoms with E-state index in [1.807, 2.05) is 0 Å². The van der Waals surface area contributed by atoms with Gasteiger partial charge in [0.1, 0.15) is 0 Å². The van der Waals surface area contributed by atoms with Crippen molar-refractivity contribution in [3.63, 3.8) is 0 Å². The third kappa shape index (κ3) is 9.16. The van der Waals surface area contributed by atoms with Gasteiger partial charge >= 0.3 is 11.7 Å². The molecule has 2 bridgehead atoms. The number of fused-ring (bicyclic) bond motifs is 17. The Labute approximate surface area is 279 Å². The number of methoxy groups -OCH3 is 1. The third-order valence-corrected chi connectivity index (χ3v) is 10.1. The number of aromatic nitrogens is 1. The molecule has 0 aliphatic carbocycles. The number of carbonyl (C=O) groups excluding carboxylic acids is 3. The molecule has 1 aromatic heterocycles. The normalized spacial score (nSPS) is 19.1. The van der Waals surface area contributed by atoms with Gasteiger partial charge in [0.15, 0.2) is 23.7 Å². The van der Waals surface area contributed by atoms with Crippen molar-refractivity contribution >= 4 is 38.9 Å². The molecule has 2 aliphatic rings. The molecule has 48 heavy (non-hydrogen) atoms. The van der Waals surface area contributed by atoms with Gasteiger partial charge in [0.05, 0.1) is 29.5 Å². The largest absolute Gasteiger partial charge is 0.493 e. The molecule has 0 spiro atoms. The van der Waals surface area contributed by atoms with Crippen molar-refractivity contribution in [2.75, 3.05) is 46.5 Å². The van der Waals surface area contributed by atoms with E-state index in [0.717, 1.165) is 9.87 Å². The maximum absolute atomic E-state index is 13.7. The van der Waals surface area contributed by atoms with Crippen LogP contribution >= 0.6 is 0 Å². The maximum atomic E-state index is 13.7. The number of benzene rings is 2. The van der Waals surface area contributed by atoms with Crippen molar-refractivity contribution < 1.29 is 41.4 Å². The number of nitrogens with zero attached hydrogens (tertiary/aromatic N) is 1. The Morgan fingerprint density at radius 2 is 1.85 bits per heavy atom. The number of esters is 1. The SMILES string of the molecule is CCOC(=O)C1(CCC(C)C)CNC(=O)CCCN(S(=O)(=O)c2ccc3[nH]c(=O)oc3c2)CCNC(=O)COc2ccc(cc2OC)C1. The summed E-state index contributed by atoms with van der Waals surface area (Å²) in [6.45, 7) is 5.47. The first kappa shape index (κ1) is 36.5. The second-order valence-electron chi connectivity index (χ2n) is 12.2. The van der Waals surface area contributed by atoms with Gasteiger partial charge in [0, 0.05) is 38.7 Å². The summed E-state index contributed by atoms with van der Waals surface area (Å²) in [4.78, 5) is 53.5. The first-order valence-corrected chi connectivity index (χ1v) is 17.4. The number of hydrogen-bond acceptors (Lipinski definition) is 10. The molecule has 0 radical (unpaired) electrons. The van der Waals surface area contributed by atoms with E-state index in [9.17, 15) is 27.6 Å². The van der Waals surface area contributed by atoms with Crippen LogP contribution in [-0.4, -0.2) is 82.0 Å². The standard InChI is InChI=1S/C33H44N4O10S/c1-5-45-31(40)33(13-12-22(2)3)19-23-8-11-26(28(17-23)44-4)46-20-30(39)34-14-16-37(15-6-7-29(38)35-21-33)48(42,43)24-9-10-25-27(18-24)47-32(41)36-25/h8-11,17-18,22H,5-7,12-16,19-21H2,1-4H3,(H,34,39)(H,35,38)(H,36,41). The lowest BCUT2D eigenvalue weighted by Gasteiger charge is -2.33. The molecule has 0 saturated carbocycles. The highest BCUT2D eigenvalue weighted by molar-refractivity contribution is 7.89. The number of amides is 2. The predicted octanol–water partition coefficient (Wildman–Crippen LogP) is 2.75. The number of sulfonamides is 1. The minimum atomic E-state index is -4.14. The summed E-state index contributed by atoms with van der Waals surface area (Å²) < 4.78 is 50.5. The molecule has 15 heteroatoms. The molecule has 3 heterocycles. The highest BCUT2D eigenvalue weighted by atomic mass is 32.2. The van der Waals surface area contributed by atoms with E-state index in [4.69, 9.17) is 18.6 Å². The third-order valence-electron chi connectivity index (χ3n) is 8.19.